The van der Waals surface area contributed by atoms with Crippen LogP contribution in [0.4, 0.5) is 13.6 Å². The lowest BCUT2D eigenvalue weighted by atomic mass is 9.88. The molecule has 5 rings (SSSR count). The van der Waals surface area contributed by atoms with E-state index < -0.39 is 41.9 Å². The van der Waals surface area contributed by atoms with Gasteiger partial charge in [0.1, 0.15) is 29.7 Å². The molecule has 260 valence electrons. The molecule has 2 fully saturated rings. The first-order valence-electron chi connectivity index (χ1n) is 17.0. The molecule has 3 aromatic rings. The first-order chi connectivity index (χ1) is 23.2. The molecule has 2 aliphatic heterocycles. The Morgan fingerprint density at radius 3 is 2.65 bits per heavy atom. The van der Waals surface area contributed by atoms with E-state index in [4.69, 9.17) is 14.5 Å². The summed E-state index contributed by atoms with van der Waals surface area (Å²) in [5.74, 6) is -1.58. The molecule has 3 N–H and O–H groups in total. The second-order valence-electron chi connectivity index (χ2n) is 12.8. The van der Waals surface area contributed by atoms with Crippen LogP contribution in [0, 0.1) is 23.5 Å². The van der Waals surface area contributed by atoms with Gasteiger partial charge in [-0.05, 0) is 55.9 Å². The summed E-state index contributed by atoms with van der Waals surface area (Å²) in [5, 5.41) is 16.8. The number of hydrogen-bond acceptors (Lipinski definition) is 7. The van der Waals surface area contributed by atoms with Crippen molar-refractivity contribution < 1.29 is 33.0 Å². The van der Waals surface area contributed by atoms with Crippen LogP contribution in [0.2, 0.25) is 0 Å². The smallest absolute Gasteiger partial charge is 0.407 e. The maximum absolute atomic E-state index is 15.1. The van der Waals surface area contributed by atoms with Gasteiger partial charge in [0.15, 0.2) is 0 Å². The summed E-state index contributed by atoms with van der Waals surface area (Å²) < 4.78 is 42.9. The molecule has 2 amide bonds. The Balaban J connectivity index is 1.54. The van der Waals surface area contributed by atoms with Gasteiger partial charge in [-0.25, -0.2) is 18.6 Å². The van der Waals surface area contributed by atoms with Gasteiger partial charge in [-0.3, -0.25) is 4.79 Å². The molecule has 0 spiro atoms. The number of alkyl carbamates (subject to hydrolysis) is 1. The lowest BCUT2D eigenvalue weighted by Crippen LogP contribution is -2.49. The van der Waals surface area contributed by atoms with E-state index in [1.165, 1.54) is 6.92 Å². The van der Waals surface area contributed by atoms with Crippen molar-refractivity contribution in [3.05, 3.63) is 77.8 Å². The van der Waals surface area contributed by atoms with Gasteiger partial charge in [-0.1, -0.05) is 50.1 Å². The van der Waals surface area contributed by atoms with Gasteiger partial charge in [0, 0.05) is 63.6 Å². The number of ether oxygens (including phenoxy) is 2. The molecule has 12 heteroatoms. The van der Waals surface area contributed by atoms with Crippen LogP contribution >= 0.6 is 0 Å². The van der Waals surface area contributed by atoms with E-state index >= 15 is 4.39 Å². The minimum Gasteiger partial charge on any atom is -0.444 e. The van der Waals surface area contributed by atoms with Crippen molar-refractivity contribution in [2.45, 2.75) is 70.7 Å². The van der Waals surface area contributed by atoms with Gasteiger partial charge >= 0.3 is 6.09 Å². The summed E-state index contributed by atoms with van der Waals surface area (Å²) in [6, 6.07) is 12.3. The normalized spacial score (nSPS) is 19.5. The van der Waals surface area contributed by atoms with Crippen LogP contribution < -0.4 is 10.6 Å². The van der Waals surface area contributed by atoms with E-state index in [0.717, 1.165) is 43.0 Å². The fraction of sp³-hybridized carbons (Fsp3) is 0.528. The quantitative estimate of drug-likeness (QED) is 0.206. The summed E-state index contributed by atoms with van der Waals surface area (Å²) in [6.45, 7) is 6.48. The number of hydrogen-bond donors (Lipinski definition) is 3. The van der Waals surface area contributed by atoms with E-state index in [9.17, 15) is 19.1 Å². The Morgan fingerprint density at radius 2 is 1.92 bits per heavy atom. The predicted molar refractivity (Wildman–Crippen MR) is 177 cm³/mol. The minimum atomic E-state index is -1.32. The molecule has 2 aliphatic rings. The highest BCUT2D eigenvalue weighted by atomic mass is 19.1. The van der Waals surface area contributed by atoms with Crippen molar-refractivity contribution in [1.29, 1.82) is 0 Å². The number of amides is 2. The summed E-state index contributed by atoms with van der Waals surface area (Å²) >= 11 is 0. The maximum atomic E-state index is 15.1. The summed E-state index contributed by atoms with van der Waals surface area (Å²) in [6.07, 6.45) is 3.53. The number of carbonyl (C=O) groups excluding carboxylic acids is 2. The molecule has 3 heterocycles. The lowest BCUT2D eigenvalue weighted by Gasteiger charge is -2.40. The molecular weight excluding hydrogens is 620 g/mol. The van der Waals surface area contributed by atoms with E-state index in [1.807, 2.05) is 34.9 Å². The highest BCUT2D eigenvalue weighted by Crippen LogP contribution is 2.38. The lowest BCUT2D eigenvalue weighted by molar-refractivity contribution is -0.145. The summed E-state index contributed by atoms with van der Waals surface area (Å²) in [5.41, 5.74) is 1.21. The molecule has 0 saturated carbocycles. The molecule has 2 saturated heterocycles. The van der Waals surface area contributed by atoms with Crippen molar-refractivity contribution in [3.63, 3.8) is 0 Å². The molecule has 0 bridgehead atoms. The first kappa shape index (κ1) is 35.4. The first-order valence-corrected chi connectivity index (χ1v) is 17.0. The number of benzene rings is 2. The molecule has 48 heavy (non-hydrogen) atoms. The van der Waals surface area contributed by atoms with E-state index in [-0.39, 0.29) is 29.6 Å². The number of unbranched alkanes of at least 4 members (excludes halogenated alkanes) is 2. The molecule has 2 aromatic carbocycles. The number of nitrogens with zero attached hydrogens (tertiary/aromatic N) is 3. The zero-order valence-electron chi connectivity index (χ0n) is 27.7. The summed E-state index contributed by atoms with van der Waals surface area (Å²) in [4.78, 5) is 33.3. The summed E-state index contributed by atoms with van der Waals surface area (Å²) in [7, 11) is 0. The molecule has 10 nitrogen and oxygen atoms in total. The third-order valence-electron chi connectivity index (χ3n) is 9.18. The monoisotopic (exact) mass is 667 g/mol. The Bertz CT molecular complexity index is 1500. The number of halogens is 2. The standard InChI is InChI=1S/C36H47F2N5O5/c1-3-4-8-15-40-36(46)48-32-20-39-19-27(32)22-43(35(45)24(2)44)33(26-13-16-47-17-14-26)34-41-31(29-18-28(37)11-12-30(29)38)23-42(34)21-25-9-6-5-7-10-25/h5-7,9-12,18,23-24,26-27,32-33,39,44H,3-4,8,13-17,19-22H2,1-2H3,(H,40,46)/t24-,27-,32+,33?/m0/s1. The number of nitrogens with one attached hydrogen (secondary N) is 2. The Labute approximate surface area is 280 Å². The van der Waals surface area contributed by atoms with Crippen molar-refractivity contribution >= 4 is 12.0 Å². The van der Waals surface area contributed by atoms with Crippen LogP contribution in [-0.2, 0) is 20.8 Å². The van der Waals surface area contributed by atoms with Gasteiger partial charge in [-0.15, -0.1) is 0 Å². The second-order valence-corrected chi connectivity index (χ2v) is 12.8. The Morgan fingerprint density at radius 1 is 1.15 bits per heavy atom. The molecule has 0 aliphatic carbocycles. The van der Waals surface area contributed by atoms with Crippen LogP contribution in [0.5, 0.6) is 0 Å². The van der Waals surface area contributed by atoms with Crippen molar-refractivity contribution in [1.82, 2.24) is 25.1 Å². The highest BCUT2D eigenvalue weighted by molar-refractivity contribution is 5.80. The highest BCUT2D eigenvalue weighted by Gasteiger charge is 2.41. The van der Waals surface area contributed by atoms with Crippen molar-refractivity contribution in [2.75, 3.05) is 39.4 Å². The van der Waals surface area contributed by atoms with Crippen molar-refractivity contribution in [3.8, 4) is 11.3 Å². The SMILES string of the molecule is CCCCCNC(=O)O[C@@H]1CNC[C@H]1CN(C(=O)[C@H](C)O)C(c1nc(-c2cc(F)ccc2F)cn1Cc1ccccc1)C1CCOCC1. The minimum absolute atomic E-state index is 0.0144. The van der Waals surface area contributed by atoms with Crippen LogP contribution in [0.1, 0.15) is 63.4 Å². The Hall–Kier alpha value is -3.87. The third kappa shape index (κ3) is 8.97. The number of imidazole rings is 1. The second kappa shape index (κ2) is 17.0. The van der Waals surface area contributed by atoms with Crippen LogP contribution in [0.15, 0.2) is 54.7 Å². The number of rotatable bonds is 14. The molecule has 0 radical (unpaired) electrons. The van der Waals surface area contributed by atoms with Crippen LogP contribution in [-0.4, -0.2) is 83.2 Å². The van der Waals surface area contributed by atoms with E-state index in [1.54, 1.807) is 11.1 Å². The topological polar surface area (TPSA) is 118 Å². The number of aromatic nitrogens is 2. The van der Waals surface area contributed by atoms with Gasteiger partial charge < -0.3 is 34.7 Å². The molecule has 1 aromatic heterocycles. The number of aliphatic hydroxyl groups excluding tert-OH is 1. The third-order valence-corrected chi connectivity index (χ3v) is 9.18. The molecule has 4 atom stereocenters. The molecule has 1 unspecified atom stereocenters. The fourth-order valence-corrected chi connectivity index (χ4v) is 6.64. The van der Waals surface area contributed by atoms with Gasteiger partial charge in [0.25, 0.3) is 5.91 Å². The predicted octanol–water partition coefficient (Wildman–Crippen LogP) is 5.06. The van der Waals surface area contributed by atoms with E-state index in [0.29, 0.717) is 58.1 Å². The van der Waals surface area contributed by atoms with Gasteiger partial charge in [0.2, 0.25) is 0 Å². The van der Waals surface area contributed by atoms with Gasteiger partial charge in [0.05, 0.1) is 11.7 Å². The van der Waals surface area contributed by atoms with Gasteiger partial charge in [-0.2, -0.15) is 0 Å². The number of aliphatic hydroxyl groups is 1. The van der Waals surface area contributed by atoms with Crippen molar-refractivity contribution in [2.24, 2.45) is 11.8 Å². The zero-order valence-corrected chi connectivity index (χ0v) is 27.7. The maximum Gasteiger partial charge on any atom is 0.407 e. The van der Waals surface area contributed by atoms with Crippen LogP contribution in [0.25, 0.3) is 11.3 Å². The van der Waals surface area contributed by atoms with Crippen LogP contribution in [0.3, 0.4) is 0 Å². The average molecular weight is 668 g/mol. The average Bonchev–Trinajstić information content (AvgIpc) is 3.70. The number of carbonyl (C=O) groups is 2. The fourth-order valence-electron chi connectivity index (χ4n) is 6.64. The Kier molecular flexibility index (Phi) is 12.5. The molecular formula is C36H47F2N5O5. The van der Waals surface area contributed by atoms with E-state index in [2.05, 4.69) is 17.6 Å². The zero-order chi connectivity index (χ0) is 34.0. The largest absolute Gasteiger partial charge is 0.444 e.